The molecule has 1 amide bonds. The van der Waals surface area contributed by atoms with E-state index < -0.39 is 0 Å². The average molecular weight is 352 g/mol. The zero-order valence-electron chi connectivity index (χ0n) is 14.2. The van der Waals surface area contributed by atoms with E-state index in [4.69, 9.17) is 0 Å². The summed E-state index contributed by atoms with van der Waals surface area (Å²) in [4.78, 5) is 25.7. The number of aromatic nitrogens is 2. The largest absolute Gasteiger partial charge is 0.369 e. The molecule has 0 radical (unpaired) electrons. The van der Waals surface area contributed by atoms with Gasteiger partial charge >= 0.3 is 0 Å². The second kappa shape index (κ2) is 6.80. The fraction of sp³-hybridized carbons (Fsp3) is 0.316. The van der Waals surface area contributed by atoms with Crippen LogP contribution in [0.4, 0.5) is 5.69 Å². The van der Waals surface area contributed by atoms with E-state index in [1.165, 1.54) is 22.4 Å². The maximum atomic E-state index is 12.6. The van der Waals surface area contributed by atoms with Crippen molar-refractivity contribution in [2.45, 2.75) is 13.3 Å². The number of rotatable bonds is 2. The Morgan fingerprint density at radius 1 is 1.16 bits per heavy atom. The summed E-state index contributed by atoms with van der Waals surface area (Å²) >= 11 is 1.46. The highest BCUT2D eigenvalue weighted by Gasteiger charge is 2.22. The lowest BCUT2D eigenvalue weighted by molar-refractivity contribution is 0.0762. The van der Waals surface area contributed by atoms with E-state index in [1.54, 1.807) is 5.51 Å². The number of hydrogen-bond acceptors (Lipinski definition) is 5. The molecule has 3 aromatic rings. The lowest BCUT2D eigenvalue weighted by Crippen LogP contribution is -2.35. The molecule has 0 bridgehead atoms. The maximum absolute atomic E-state index is 12.6. The minimum absolute atomic E-state index is 0.0406. The van der Waals surface area contributed by atoms with Gasteiger partial charge in [-0.25, -0.2) is 4.98 Å². The number of carbonyl (C=O) groups excluding carboxylic acids is 1. The van der Waals surface area contributed by atoms with E-state index in [0.717, 1.165) is 37.3 Å². The van der Waals surface area contributed by atoms with E-state index in [9.17, 15) is 4.79 Å². The van der Waals surface area contributed by atoms with Gasteiger partial charge in [0.1, 0.15) is 5.69 Å². The second-order valence-corrected chi connectivity index (χ2v) is 7.03. The Balaban J connectivity index is 1.58. The topological polar surface area (TPSA) is 49.3 Å². The van der Waals surface area contributed by atoms with Gasteiger partial charge in [-0.2, -0.15) is 0 Å². The van der Waals surface area contributed by atoms with E-state index in [1.807, 2.05) is 23.3 Å². The third-order valence-electron chi connectivity index (χ3n) is 4.60. The Hall–Kier alpha value is -2.47. The van der Waals surface area contributed by atoms with E-state index in [-0.39, 0.29) is 5.91 Å². The predicted molar refractivity (Wildman–Crippen MR) is 101 cm³/mol. The second-order valence-electron chi connectivity index (χ2n) is 6.31. The van der Waals surface area contributed by atoms with Crippen molar-refractivity contribution in [1.29, 1.82) is 0 Å². The van der Waals surface area contributed by atoms with Gasteiger partial charge in [-0.15, -0.1) is 11.3 Å². The Kier molecular flexibility index (Phi) is 4.36. The first-order valence-corrected chi connectivity index (χ1v) is 9.45. The molecule has 1 fully saturated rings. The number of nitrogens with zero attached hydrogens (tertiary/aromatic N) is 4. The minimum atomic E-state index is 0.0406. The molecule has 5 nitrogen and oxygen atoms in total. The fourth-order valence-electron chi connectivity index (χ4n) is 3.39. The van der Waals surface area contributed by atoms with Crippen molar-refractivity contribution in [2.24, 2.45) is 0 Å². The third kappa shape index (κ3) is 3.22. The van der Waals surface area contributed by atoms with Crippen LogP contribution in [0.25, 0.3) is 10.9 Å². The Morgan fingerprint density at radius 2 is 2.04 bits per heavy atom. The van der Waals surface area contributed by atoms with E-state index in [0.29, 0.717) is 12.2 Å². The summed E-state index contributed by atoms with van der Waals surface area (Å²) in [5.41, 5.74) is 5.53. The summed E-state index contributed by atoms with van der Waals surface area (Å²) < 4.78 is 0. The van der Waals surface area contributed by atoms with Crippen LogP contribution in [-0.4, -0.2) is 47.0 Å². The molecule has 128 valence electrons. The zero-order valence-corrected chi connectivity index (χ0v) is 15.0. The molecule has 25 heavy (non-hydrogen) atoms. The van der Waals surface area contributed by atoms with Crippen LogP contribution in [-0.2, 0) is 0 Å². The number of benzene rings is 1. The number of hydrogen-bond donors (Lipinski definition) is 0. The van der Waals surface area contributed by atoms with Crippen molar-refractivity contribution >= 4 is 33.8 Å². The Labute approximate surface area is 150 Å². The standard InChI is InChI=1S/C19H20N4OS/c1-14-11-18(15-5-2-3-6-16(15)21-14)22-7-4-8-23(10-9-22)19(24)17-12-25-13-20-17/h2-3,5-6,11-13H,4,7-10H2,1H3. The van der Waals surface area contributed by atoms with Gasteiger partial charge in [0.05, 0.1) is 11.0 Å². The SMILES string of the molecule is Cc1cc(N2CCCN(C(=O)c3cscn3)CC2)c2ccccc2n1. The number of carbonyl (C=O) groups is 1. The number of thiazole rings is 1. The number of fused-ring (bicyclic) bond motifs is 1. The quantitative estimate of drug-likeness (QED) is 0.710. The van der Waals surface area contributed by atoms with Gasteiger partial charge in [0.15, 0.2) is 0 Å². The summed E-state index contributed by atoms with van der Waals surface area (Å²) in [6.45, 7) is 5.28. The first kappa shape index (κ1) is 16.0. The molecule has 0 aliphatic carbocycles. The highest BCUT2D eigenvalue weighted by atomic mass is 32.1. The number of para-hydroxylation sites is 1. The molecule has 2 aromatic heterocycles. The van der Waals surface area contributed by atoms with Gasteiger partial charge in [0.2, 0.25) is 0 Å². The van der Waals surface area contributed by atoms with Crippen molar-refractivity contribution in [1.82, 2.24) is 14.9 Å². The fourth-order valence-corrected chi connectivity index (χ4v) is 3.91. The molecule has 4 rings (SSSR count). The van der Waals surface area contributed by atoms with Crippen LogP contribution in [0.3, 0.4) is 0 Å². The van der Waals surface area contributed by atoms with E-state index >= 15 is 0 Å². The van der Waals surface area contributed by atoms with Gasteiger partial charge in [0.25, 0.3) is 5.91 Å². The van der Waals surface area contributed by atoms with Crippen molar-refractivity contribution in [3.8, 4) is 0 Å². The molecule has 0 unspecified atom stereocenters. The molecule has 0 atom stereocenters. The third-order valence-corrected chi connectivity index (χ3v) is 5.18. The van der Waals surface area contributed by atoms with Crippen LogP contribution < -0.4 is 4.90 Å². The molecule has 0 N–H and O–H groups in total. The average Bonchev–Trinajstić information content (AvgIpc) is 3.05. The Bertz CT molecular complexity index is 894. The van der Waals surface area contributed by atoms with Gasteiger partial charge < -0.3 is 9.80 Å². The number of aryl methyl sites for hydroxylation is 1. The van der Waals surface area contributed by atoms with Gasteiger partial charge in [0, 0.05) is 48.3 Å². The normalized spacial score (nSPS) is 15.4. The highest BCUT2D eigenvalue weighted by molar-refractivity contribution is 7.07. The lowest BCUT2D eigenvalue weighted by atomic mass is 10.1. The monoisotopic (exact) mass is 352 g/mol. The molecule has 1 saturated heterocycles. The molecular formula is C19H20N4OS. The van der Waals surface area contributed by atoms with Crippen molar-refractivity contribution in [3.63, 3.8) is 0 Å². The van der Waals surface area contributed by atoms with Crippen molar-refractivity contribution in [3.05, 3.63) is 52.6 Å². The molecule has 1 aliphatic rings. The Morgan fingerprint density at radius 3 is 2.88 bits per heavy atom. The molecule has 1 aromatic carbocycles. The maximum Gasteiger partial charge on any atom is 0.273 e. The van der Waals surface area contributed by atoms with Crippen LogP contribution in [0.15, 0.2) is 41.2 Å². The molecule has 3 heterocycles. The van der Waals surface area contributed by atoms with Gasteiger partial charge in [-0.1, -0.05) is 18.2 Å². The first-order chi connectivity index (χ1) is 12.2. The highest BCUT2D eigenvalue weighted by Crippen LogP contribution is 2.27. The van der Waals surface area contributed by atoms with Crippen LogP contribution in [0.2, 0.25) is 0 Å². The van der Waals surface area contributed by atoms with Crippen LogP contribution >= 0.6 is 11.3 Å². The molecular weight excluding hydrogens is 332 g/mol. The van der Waals surface area contributed by atoms with E-state index in [2.05, 4.69) is 39.1 Å². The number of anilines is 1. The molecule has 6 heteroatoms. The molecule has 0 spiro atoms. The smallest absolute Gasteiger partial charge is 0.273 e. The number of amides is 1. The van der Waals surface area contributed by atoms with Crippen LogP contribution in [0, 0.1) is 6.92 Å². The summed E-state index contributed by atoms with van der Waals surface area (Å²) in [6.07, 6.45) is 0.950. The lowest BCUT2D eigenvalue weighted by Gasteiger charge is -2.25. The van der Waals surface area contributed by atoms with Crippen molar-refractivity contribution in [2.75, 3.05) is 31.1 Å². The summed E-state index contributed by atoms with van der Waals surface area (Å²) in [6, 6.07) is 10.4. The first-order valence-electron chi connectivity index (χ1n) is 8.51. The van der Waals surface area contributed by atoms with Gasteiger partial charge in [-0.3, -0.25) is 9.78 Å². The molecule has 0 saturated carbocycles. The van der Waals surface area contributed by atoms with Gasteiger partial charge in [-0.05, 0) is 25.5 Å². The minimum Gasteiger partial charge on any atom is -0.369 e. The number of pyridine rings is 1. The summed E-state index contributed by atoms with van der Waals surface area (Å²) in [5.74, 6) is 0.0406. The van der Waals surface area contributed by atoms with Crippen molar-refractivity contribution < 1.29 is 4.79 Å². The van der Waals surface area contributed by atoms with Crippen LogP contribution in [0.1, 0.15) is 22.6 Å². The zero-order chi connectivity index (χ0) is 17.2. The predicted octanol–water partition coefficient (Wildman–Crippen LogP) is 3.35. The summed E-state index contributed by atoms with van der Waals surface area (Å²) in [5, 5.41) is 3.00. The summed E-state index contributed by atoms with van der Waals surface area (Å²) in [7, 11) is 0. The molecule has 1 aliphatic heterocycles. The van der Waals surface area contributed by atoms with Crippen LogP contribution in [0.5, 0.6) is 0 Å².